The van der Waals surface area contributed by atoms with E-state index in [1.807, 2.05) is 6.92 Å². The van der Waals surface area contributed by atoms with Crippen LogP contribution >= 0.6 is 0 Å². The van der Waals surface area contributed by atoms with Crippen molar-refractivity contribution in [2.45, 2.75) is 32.9 Å². The number of cyclic esters (lactones) is 1. The van der Waals surface area contributed by atoms with Gasteiger partial charge in [0, 0.05) is 6.61 Å². The van der Waals surface area contributed by atoms with E-state index in [2.05, 4.69) is 6.92 Å². The predicted molar refractivity (Wildman–Crippen MR) is 48.4 cm³/mol. The van der Waals surface area contributed by atoms with Crippen LogP contribution in [0.15, 0.2) is 0 Å². The Bertz CT molecular complexity index is 172. The second kappa shape index (κ2) is 5.07. The van der Waals surface area contributed by atoms with Crippen molar-refractivity contribution in [1.29, 1.82) is 0 Å². The normalized spacial score (nSPS) is 18.9. The Balaban J connectivity index is 2.22. The van der Waals surface area contributed by atoms with E-state index in [9.17, 15) is 4.79 Å². The van der Waals surface area contributed by atoms with Gasteiger partial charge < -0.3 is 9.47 Å². The molecule has 1 aliphatic rings. The largest absolute Gasteiger partial charge is 0.447 e. The molecule has 1 unspecified atom stereocenters. The molecule has 1 amide bonds. The number of nitrogens with zero attached hydrogens (tertiary/aromatic N) is 1. The SMILES string of the molecule is CCCCOC(C)N1CCOC1=O. The highest BCUT2D eigenvalue weighted by molar-refractivity contribution is 5.69. The summed E-state index contributed by atoms with van der Waals surface area (Å²) in [6.07, 6.45) is 1.73. The minimum Gasteiger partial charge on any atom is -0.447 e. The first-order valence-corrected chi connectivity index (χ1v) is 4.80. The molecular weight excluding hydrogens is 170 g/mol. The van der Waals surface area contributed by atoms with E-state index >= 15 is 0 Å². The van der Waals surface area contributed by atoms with Gasteiger partial charge in [0.2, 0.25) is 0 Å². The number of carbonyl (C=O) groups excluding carboxylic acids is 1. The van der Waals surface area contributed by atoms with E-state index in [0.29, 0.717) is 19.8 Å². The lowest BCUT2D eigenvalue weighted by Gasteiger charge is -2.21. The first-order chi connectivity index (χ1) is 6.25. The maximum Gasteiger partial charge on any atom is 0.412 e. The predicted octanol–water partition coefficient (Wildman–Crippen LogP) is 1.60. The summed E-state index contributed by atoms with van der Waals surface area (Å²) in [5.74, 6) is 0. The van der Waals surface area contributed by atoms with Crippen molar-refractivity contribution in [3.8, 4) is 0 Å². The average molecular weight is 187 g/mol. The maximum absolute atomic E-state index is 11.1. The third kappa shape index (κ3) is 2.88. The Morgan fingerprint density at radius 3 is 3.00 bits per heavy atom. The molecule has 4 heteroatoms. The van der Waals surface area contributed by atoms with Gasteiger partial charge in [-0.05, 0) is 13.3 Å². The van der Waals surface area contributed by atoms with E-state index in [1.165, 1.54) is 0 Å². The number of rotatable bonds is 5. The van der Waals surface area contributed by atoms with E-state index in [1.54, 1.807) is 4.90 Å². The number of carbonyl (C=O) groups is 1. The highest BCUT2D eigenvalue weighted by atomic mass is 16.6. The van der Waals surface area contributed by atoms with Crippen LogP contribution in [-0.4, -0.2) is 37.0 Å². The van der Waals surface area contributed by atoms with Gasteiger partial charge in [-0.15, -0.1) is 0 Å². The maximum atomic E-state index is 11.1. The number of hydrogen-bond acceptors (Lipinski definition) is 3. The number of unbranched alkanes of at least 4 members (excludes halogenated alkanes) is 1. The molecule has 1 atom stereocenters. The van der Waals surface area contributed by atoms with E-state index in [4.69, 9.17) is 9.47 Å². The summed E-state index contributed by atoms with van der Waals surface area (Å²) in [6.45, 7) is 5.83. The summed E-state index contributed by atoms with van der Waals surface area (Å²) in [5.41, 5.74) is 0. The van der Waals surface area contributed by atoms with Crippen LogP contribution in [0.5, 0.6) is 0 Å². The molecule has 1 rings (SSSR count). The minimum absolute atomic E-state index is 0.151. The molecule has 0 aromatic rings. The van der Waals surface area contributed by atoms with Gasteiger partial charge in [0.05, 0.1) is 6.54 Å². The summed E-state index contributed by atoms with van der Waals surface area (Å²) in [7, 11) is 0. The summed E-state index contributed by atoms with van der Waals surface area (Å²) in [6, 6.07) is 0. The molecule has 1 aliphatic heterocycles. The first-order valence-electron chi connectivity index (χ1n) is 4.80. The summed E-state index contributed by atoms with van der Waals surface area (Å²) in [4.78, 5) is 12.7. The zero-order chi connectivity index (χ0) is 9.68. The fraction of sp³-hybridized carbons (Fsp3) is 0.889. The standard InChI is InChI=1S/C9H17NO3/c1-3-4-6-12-8(2)10-5-7-13-9(10)11/h8H,3-7H2,1-2H3. The van der Waals surface area contributed by atoms with Crippen molar-refractivity contribution in [2.75, 3.05) is 19.8 Å². The quantitative estimate of drug-likeness (QED) is 0.614. The molecular formula is C9H17NO3. The van der Waals surface area contributed by atoms with Gasteiger partial charge in [-0.2, -0.15) is 0 Å². The summed E-state index contributed by atoms with van der Waals surface area (Å²) < 4.78 is 10.3. The topological polar surface area (TPSA) is 38.8 Å². The molecule has 1 saturated heterocycles. The van der Waals surface area contributed by atoms with Crippen LogP contribution in [0.25, 0.3) is 0 Å². The zero-order valence-corrected chi connectivity index (χ0v) is 8.28. The van der Waals surface area contributed by atoms with Crippen LogP contribution in [-0.2, 0) is 9.47 Å². The fourth-order valence-electron chi connectivity index (χ4n) is 1.22. The summed E-state index contributed by atoms with van der Waals surface area (Å²) >= 11 is 0. The molecule has 0 bridgehead atoms. The molecule has 76 valence electrons. The van der Waals surface area contributed by atoms with E-state index in [0.717, 1.165) is 12.8 Å². The van der Waals surface area contributed by atoms with Crippen molar-refractivity contribution in [3.63, 3.8) is 0 Å². The van der Waals surface area contributed by atoms with Gasteiger partial charge in [-0.25, -0.2) is 4.79 Å². The van der Waals surface area contributed by atoms with Crippen molar-refractivity contribution in [3.05, 3.63) is 0 Å². The fourth-order valence-corrected chi connectivity index (χ4v) is 1.22. The Morgan fingerprint density at radius 2 is 2.46 bits per heavy atom. The molecule has 13 heavy (non-hydrogen) atoms. The van der Waals surface area contributed by atoms with Crippen molar-refractivity contribution in [1.82, 2.24) is 4.90 Å². The van der Waals surface area contributed by atoms with E-state index < -0.39 is 0 Å². The number of ether oxygens (including phenoxy) is 2. The van der Waals surface area contributed by atoms with Gasteiger partial charge in [0.25, 0.3) is 0 Å². The third-order valence-corrected chi connectivity index (χ3v) is 2.09. The molecule has 0 aliphatic carbocycles. The highest BCUT2D eigenvalue weighted by Gasteiger charge is 2.26. The van der Waals surface area contributed by atoms with Gasteiger partial charge in [-0.3, -0.25) is 4.90 Å². The Labute approximate surface area is 78.8 Å². The van der Waals surface area contributed by atoms with E-state index in [-0.39, 0.29) is 12.3 Å². The lowest BCUT2D eigenvalue weighted by atomic mass is 10.4. The van der Waals surface area contributed by atoms with Crippen molar-refractivity contribution in [2.24, 2.45) is 0 Å². The molecule has 1 heterocycles. The Hall–Kier alpha value is -0.770. The highest BCUT2D eigenvalue weighted by Crippen LogP contribution is 2.09. The molecule has 4 nitrogen and oxygen atoms in total. The van der Waals surface area contributed by atoms with Crippen LogP contribution in [0.1, 0.15) is 26.7 Å². The van der Waals surface area contributed by atoms with Gasteiger partial charge in [-0.1, -0.05) is 13.3 Å². The Kier molecular flexibility index (Phi) is 4.02. The molecule has 0 aromatic heterocycles. The second-order valence-electron chi connectivity index (χ2n) is 3.13. The lowest BCUT2D eigenvalue weighted by Crippen LogP contribution is -2.35. The van der Waals surface area contributed by atoms with Crippen LogP contribution in [0.4, 0.5) is 4.79 Å². The minimum atomic E-state index is -0.260. The molecule has 1 fully saturated rings. The average Bonchev–Trinajstić information content (AvgIpc) is 2.52. The third-order valence-electron chi connectivity index (χ3n) is 2.09. The molecule has 0 spiro atoms. The zero-order valence-electron chi connectivity index (χ0n) is 8.28. The number of amides is 1. The van der Waals surface area contributed by atoms with Crippen LogP contribution in [0.2, 0.25) is 0 Å². The number of hydrogen-bond donors (Lipinski definition) is 0. The molecule has 0 radical (unpaired) electrons. The van der Waals surface area contributed by atoms with Gasteiger partial charge in [0.1, 0.15) is 12.8 Å². The first kappa shape index (κ1) is 10.3. The monoisotopic (exact) mass is 187 g/mol. The van der Waals surface area contributed by atoms with Crippen LogP contribution in [0.3, 0.4) is 0 Å². The lowest BCUT2D eigenvalue weighted by molar-refractivity contribution is -0.0210. The smallest absolute Gasteiger partial charge is 0.412 e. The second-order valence-corrected chi connectivity index (χ2v) is 3.13. The van der Waals surface area contributed by atoms with Gasteiger partial charge >= 0.3 is 6.09 Å². The molecule has 0 aromatic carbocycles. The van der Waals surface area contributed by atoms with Crippen molar-refractivity contribution >= 4 is 6.09 Å². The Morgan fingerprint density at radius 1 is 1.69 bits per heavy atom. The summed E-state index contributed by atoms with van der Waals surface area (Å²) in [5, 5.41) is 0. The molecule has 0 N–H and O–H groups in total. The van der Waals surface area contributed by atoms with Crippen LogP contribution < -0.4 is 0 Å². The van der Waals surface area contributed by atoms with Gasteiger partial charge in [0.15, 0.2) is 0 Å². The van der Waals surface area contributed by atoms with Crippen molar-refractivity contribution < 1.29 is 14.3 Å². The molecule has 0 saturated carbocycles. The van der Waals surface area contributed by atoms with Crippen LogP contribution in [0, 0.1) is 0 Å².